The highest BCUT2D eigenvalue weighted by atomic mass is 16.5. The van der Waals surface area contributed by atoms with E-state index in [2.05, 4.69) is 0 Å². The third-order valence-corrected chi connectivity index (χ3v) is 5.33. The van der Waals surface area contributed by atoms with Crippen LogP contribution in [0.15, 0.2) is 45.6 Å². The van der Waals surface area contributed by atoms with Gasteiger partial charge in [0.15, 0.2) is 6.73 Å². The molecule has 0 amide bonds. The van der Waals surface area contributed by atoms with Crippen molar-refractivity contribution >= 4 is 28.6 Å². The van der Waals surface area contributed by atoms with E-state index >= 15 is 0 Å². The van der Waals surface area contributed by atoms with Crippen molar-refractivity contribution in [2.45, 2.75) is 19.9 Å². The lowest BCUT2D eigenvalue weighted by Gasteiger charge is -2.32. The molecule has 1 aliphatic heterocycles. The SMILES string of the molecule is CCc1cc(=O)oc2c3c(ccc12)OCN(c1cc(C(=O)OC)ccc1C(=O)OC)C3. The van der Waals surface area contributed by atoms with Crippen molar-refractivity contribution in [3.8, 4) is 5.75 Å². The predicted octanol–water partition coefficient (Wildman–Crippen LogP) is 3.29. The number of benzene rings is 2. The standard InChI is InChI=1S/C23H21NO7/c1-4-13-10-20(25)31-21-15(13)7-8-19-17(21)11-24(12-30-19)18-9-14(22(26)28-2)5-6-16(18)23(27)29-3/h5-10H,4,11-12H2,1-3H3. The first-order valence-electron chi connectivity index (χ1n) is 9.73. The van der Waals surface area contributed by atoms with Gasteiger partial charge < -0.3 is 23.5 Å². The number of ether oxygens (including phenoxy) is 3. The molecule has 0 radical (unpaired) electrons. The summed E-state index contributed by atoms with van der Waals surface area (Å²) < 4.78 is 21.1. The molecule has 31 heavy (non-hydrogen) atoms. The molecule has 8 nitrogen and oxygen atoms in total. The molecule has 0 spiro atoms. The molecule has 0 saturated carbocycles. The Balaban J connectivity index is 1.85. The van der Waals surface area contributed by atoms with Crippen molar-refractivity contribution in [2.75, 3.05) is 25.9 Å². The molecule has 0 bridgehead atoms. The summed E-state index contributed by atoms with van der Waals surface area (Å²) in [6.07, 6.45) is 0.680. The Hall–Kier alpha value is -3.81. The van der Waals surface area contributed by atoms with Crippen molar-refractivity contribution in [2.24, 2.45) is 0 Å². The maximum absolute atomic E-state index is 12.3. The fourth-order valence-corrected chi connectivity index (χ4v) is 3.77. The number of nitrogens with zero attached hydrogens (tertiary/aromatic N) is 1. The molecule has 0 atom stereocenters. The summed E-state index contributed by atoms with van der Waals surface area (Å²) in [6.45, 7) is 2.40. The van der Waals surface area contributed by atoms with E-state index in [-0.39, 0.29) is 17.9 Å². The van der Waals surface area contributed by atoms with Crippen molar-refractivity contribution in [3.05, 3.63) is 69.1 Å². The lowest BCUT2D eigenvalue weighted by Crippen LogP contribution is -2.33. The zero-order valence-corrected chi connectivity index (χ0v) is 17.4. The number of carbonyl (C=O) groups excluding carboxylic acids is 2. The van der Waals surface area contributed by atoms with Gasteiger partial charge in [0.1, 0.15) is 11.3 Å². The van der Waals surface area contributed by atoms with E-state index in [1.165, 1.54) is 32.4 Å². The molecule has 2 aromatic carbocycles. The predicted molar refractivity (Wildman–Crippen MR) is 113 cm³/mol. The van der Waals surface area contributed by atoms with Gasteiger partial charge in [-0.2, -0.15) is 0 Å². The van der Waals surface area contributed by atoms with Crippen molar-refractivity contribution in [1.29, 1.82) is 0 Å². The molecular weight excluding hydrogens is 402 g/mol. The number of anilines is 1. The van der Waals surface area contributed by atoms with Gasteiger partial charge >= 0.3 is 17.6 Å². The fraction of sp³-hybridized carbons (Fsp3) is 0.261. The number of hydrogen-bond donors (Lipinski definition) is 0. The Labute approximate surface area is 177 Å². The van der Waals surface area contributed by atoms with Gasteiger partial charge in [-0.25, -0.2) is 14.4 Å². The van der Waals surface area contributed by atoms with Crippen LogP contribution in [-0.4, -0.2) is 32.9 Å². The Morgan fingerprint density at radius 1 is 1.06 bits per heavy atom. The summed E-state index contributed by atoms with van der Waals surface area (Å²) in [4.78, 5) is 38.3. The second kappa shape index (κ2) is 8.14. The minimum absolute atomic E-state index is 0.130. The van der Waals surface area contributed by atoms with Crippen LogP contribution in [-0.2, 0) is 22.4 Å². The molecule has 1 aromatic heterocycles. The molecule has 3 aromatic rings. The van der Waals surface area contributed by atoms with Crippen molar-refractivity contribution in [3.63, 3.8) is 0 Å². The molecule has 0 N–H and O–H groups in total. The lowest BCUT2D eigenvalue weighted by atomic mass is 10.0. The van der Waals surface area contributed by atoms with Gasteiger partial charge in [0.2, 0.25) is 0 Å². The third-order valence-electron chi connectivity index (χ3n) is 5.33. The van der Waals surface area contributed by atoms with Crippen LogP contribution < -0.4 is 15.3 Å². The highest BCUT2D eigenvalue weighted by Crippen LogP contribution is 2.36. The zero-order chi connectivity index (χ0) is 22.1. The van der Waals surface area contributed by atoms with Crippen LogP contribution in [0, 0.1) is 0 Å². The number of methoxy groups -OCH3 is 2. The first kappa shape index (κ1) is 20.5. The van der Waals surface area contributed by atoms with Crippen LogP contribution in [0.25, 0.3) is 11.0 Å². The first-order valence-corrected chi connectivity index (χ1v) is 9.73. The largest absolute Gasteiger partial charge is 0.473 e. The molecule has 8 heteroatoms. The van der Waals surface area contributed by atoms with E-state index in [9.17, 15) is 14.4 Å². The Kier molecular flexibility index (Phi) is 5.37. The highest BCUT2D eigenvalue weighted by Gasteiger charge is 2.26. The summed E-state index contributed by atoms with van der Waals surface area (Å²) >= 11 is 0. The second-order valence-electron chi connectivity index (χ2n) is 7.05. The van der Waals surface area contributed by atoms with E-state index in [4.69, 9.17) is 18.6 Å². The summed E-state index contributed by atoms with van der Waals surface area (Å²) in [7, 11) is 2.58. The van der Waals surface area contributed by atoms with E-state index in [1.807, 2.05) is 19.1 Å². The number of hydrogen-bond acceptors (Lipinski definition) is 8. The summed E-state index contributed by atoms with van der Waals surface area (Å²) in [6, 6.07) is 9.80. The highest BCUT2D eigenvalue weighted by molar-refractivity contribution is 5.99. The molecule has 0 fully saturated rings. The average Bonchev–Trinajstić information content (AvgIpc) is 2.81. The van der Waals surface area contributed by atoms with E-state index in [0.29, 0.717) is 35.5 Å². The Bertz CT molecular complexity index is 1240. The molecule has 4 rings (SSSR count). The fourth-order valence-electron chi connectivity index (χ4n) is 3.77. The monoisotopic (exact) mass is 423 g/mol. The number of rotatable bonds is 4. The zero-order valence-electron chi connectivity index (χ0n) is 17.4. The molecule has 2 heterocycles. The maximum atomic E-state index is 12.3. The molecular formula is C23H21NO7. The van der Waals surface area contributed by atoms with Crippen LogP contribution in [0.2, 0.25) is 0 Å². The minimum atomic E-state index is -0.546. The third kappa shape index (κ3) is 3.61. The normalized spacial score (nSPS) is 12.8. The van der Waals surface area contributed by atoms with Gasteiger partial charge in [-0.1, -0.05) is 6.92 Å². The van der Waals surface area contributed by atoms with Crippen LogP contribution in [0.5, 0.6) is 5.75 Å². The van der Waals surface area contributed by atoms with Gasteiger partial charge in [-0.3, -0.25) is 0 Å². The van der Waals surface area contributed by atoms with Crippen LogP contribution in [0.3, 0.4) is 0 Å². The van der Waals surface area contributed by atoms with Crippen molar-refractivity contribution in [1.82, 2.24) is 0 Å². The molecule has 0 aliphatic carbocycles. The van der Waals surface area contributed by atoms with Gasteiger partial charge in [0, 0.05) is 11.5 Å². The van der Waals surface area contributed by atoms with Crippen LogP contribution >= 0.6 is 0 Å². The quantitative estimate of drug-likeness (QED) is 0.466. The second-order valence-corrected chi connectivity index (χ2v) is 7.05. The first-order chi connectivity index (χ1) is 15.0. The van der Waals surface area contributed by atoms with E-state index in [1.54, 1.807) is 11.0 Å². The molecule has 0 unspecified atom stereocenters. The molecule has 1 aliphatic rings. The smallest absolute Gasteiger partial charge is 0.339 e. The molecule has 0 saturated heterocycles. The Morgan fingerprint density at radius 2 is 1.84 bits per heavy atom. The average molecular weight is 423 g/mol. The molecule has 160 valence electrons. The summed E-state index contributed by atoms with van der Waals surface area (Å²) in [5.41, 5.74) is 2.61. The van der Waals surface area contributed by atoms with E-state index in [0.717, 1.165) is 10.9 Å². The van der Waals surface area contributed by atoms with Gasteiger partial charge in [0.25, 0.3) is 0 Å². The Morgan fingerprint density at radius 3 is 2.55 bits per heavy atom. The van der Waals surface area contributed by atoms with Crippen LogP contribution in [0.1, 0.15) is 38.8 Å². The van der Waals surface area contributed by atoms with Gasteiger partial charge in [0.05, 0.1) is 43.1 Å². The van der Waals surface area contributed by atoms with E-state index < -0.39 is 17.6 Å². The number of aryl methyl sites for hydroxylation is 1. The maximum Gasteiger partial charge on any atom is 0.339 e. The number of fused-ring (bicyclic) bond motifs is 3. The van der Waals surface area contributed by atoms with Crippen LogP contribution in [0.4, 0.5) is 5.69 Å². The topological polar surface area (TPSA) is 95.3 Å². The van der Waals surface area contributed by atoms with Crippen molar-refractivity contribution < 1.29 is 28.2 Å². The minimum Gasteiger partial charge on any atom is -0.473 e. The van der Waals surface area contributed by atoms with Gasteiger partial charge in [-0.05, 0) is 42.3 Å². The van der Waals surface area contributed by atoms with Gasteiger partial charge in [-0.15, -0.1) is 0 Å². The summed E-state index contributed by atoms with van der Waals surface area (Å²) in [5.74, 6) is -0.473. The lowest BCUT2D eigenvalue weighted by molar-refractivity contribution is 0.0587. The number of esters is 2. The summed E-state index contributed by atoms with van der Waals surface area (Å²) in [5, 5.41) is 0.836. The number of carbonyl (C=O) groups is 2.